The monoisotopic (exact) mass is 276 g/mol. The lowest BCUT2D eigenvalue weighted by molar-refractivity contribution is -0.136. The molecule has 1 aliphatic heterocycles. The van der Waals surface area contributed by atoms with Crippen LogP contribution in [0.1, 0.15) is 25.3 Å². The van der Waals surface area contributed by atoms with Gasteiger partial charge in [0.1, 0.15) is 0 Å². The van der Waals surface area contributed by atoms with Gasteiger partial charge in [-0.3, -0.25) is 4.79 Å². The number of carbonyl (C=O) groups is 1. The van der Waals surface area contributed by atoms with Crippen LogP contribution >= 0.6 is 0 Å². The molecule has 2 rings (SSSR count). The second-order valence-electron chi connectivity index (χ2n) is 5.92. The predicted octanol–water partition coefficient (Wildman–Crippen LogP) is 1.76. The standard InChI is InChI=1S/C16H24N2O2/c1-16(17-12-15(19)20)9-11-18(13-16)10-5-8-14-6-3-2-4-7-14/h2-4,6-7,17H,5,8-13H2,1H3,(H,19,20). The van der Waals surface area contributed by atoms with Crippen LogP contribution in [0.25, 0.3) is 0 Å². The van der Waals surface area contributed by atoms with Gasteiger partial charge in [0.15, 0.2) is 0 Å². The minimum Gasteiger partial charge on any atom is -0.480 e. The van der Waals surface area contributed by atoms with E-state index in [0.717, 1.165) is 38.9 Å². The van der Waals surface area contributed by atoms with Crippen LogP contribution in [0.3, 0.4) is 0 Å². The van der Waals surface area contributed by atoms with Gasteiger partial charge in [0.05, 0.1) is 6.54 Å². The molecule has 0 bridgehead atoms. The van der Waals surface area contributed by atoms with Crippen molar-refractivity contribution >= 4 is 5.97 Å². The summed E-state index contributed by atoms with van der Waals surface area (Å²) in [5, 5.41) is 11.9. The van der Waals surface area contributed by atoms with Crippen molar-refractivity contribution in [3.8, 4) is 0 Å². The number of rotatable bonds is 7. The minimum absolute atomic E-state index is 0.0500. The number of likely N-dealkylation sites (tertiary alicyclic amines) is 1. The van der Waals surface area contributed by atoms with Gasteiger partial charge < -0.3 is 15.3 Å². The van der Waals surface area contributed by atoms with Crippen LogP contribution in [-0.4, -0.2) is 47.7 Å². The van der Waals surface area contributed by atoms with Crippen molar-refractivity contribution in [1.82, 2.24) is 10.2 Å². The highest BCUT2D eigenvalue weighted by molar-refractivity contribution is 5.69. The molecule has 1 aromatic carbocycles. The molecule has 1 heterocycles. The van der Waals surface area contributed by atoms with Gasteiger partial charge in [0.25, 0.3) is 0 Å². The second kappa shape index (κ2) is 6.86. The summed E-state index contributed by atoms with van der Waals surface area (Å²) in [6, 6.07) is 10.5. The molecule has 0 amide bonds. The highest BCUT2D eigenvalue weighted by atomic mass is 16.4. The zero-order valence-corrected chi connectivity index (χ0v) is 12.1. The van der Waals surface area contributed by atoms with Crippen molar-refractivity contribution in [3.05, 3.63) is 35.9 Å². The van der Waals surface area contributed by atoms with Crippen molar-refractivity contribution in [3.63, 3.8) is 0 Å². The van der Waals surface area contributed by atoms with Gasteiger partial charge in [-0.05, 0) is 38.3 Å². The van der Waals surface area contributed by atoms with Gasteiger partial charge in [-0.25, -0.2) is 0 Å². The second-order valence-corrected chi connectivity index (χ2v) is 5.92. The molecule has 0 saturated carbocycles. The van der Waals surface area contributed by atoms with Gasteiger partial charge in [-0.1, -0.05) is 30.3 Å². The van der Waals surface area contributed by atoms with Crippen molar-refractivity contribution in [2.75, 3.05) is 26.2 Å². The third-order valence-electron chi connectivity index (χ3n) is 4.00. The number of nitrogens with zero attached hydrogens (tertiary/aromatic N) is 1. The third-order valence-corrected chi connectivity index (χ3v) is 4.00. The Hall–Kier alpha value is -1.39. The first-order valence-corrected chi connectivity index (χ1v) is 7.30. The number of carboxylic acids is 1. The molecule has 4 heteroatoms. The lowest BCUT2D eigenvalue weighted by Crippen LogP contribution is -2.47. The Morgan fingerprint density at radius 1 is 1.40 bits per heavy atom. The first-order chi connectivity index (χ1) is 9.57. The average Bonchev–Trinajstić information content (AvgIpc) is 2.80. The quantitative estimate of drug-likeness (QED) is 0.797. The molecule has 1 unspecified atom stereocenters. The lowest BCUT2D eigenvalue weighted by atomic mass is 10.0. The molecule has 4 nitrogen and oxygen atoms in total. The smallest absolute Gasteiger partial charge is 0.317 e. The maximum Gasteiger partial charge on any atom is 0.317 e. The molecule has 0 aliphatic carbocycles. The Kier molecular flexibility index (Phi) is 5.15. The third kappa shape index (κ3) is 4.62. The van der Waals surface area contributed by atoms with E-state index in [9.17, 15) is 4.79 Å². The van der Waals surface area contributed by atoms with Crippen molar-refractivity contribution in [1.29, 1.82) is 0 Å². The van der Waals surface area contributed by atoms with E-state index in [2.05, 4.69) is 41.4 Å². The Morgan fingerprint density at radius 3 is 2.85 bits per heavy atom. The fourth-order valence-corrected chi connectivity index (χ4v) is 2.83. The Labute approximate surface area is 120 Å². The van der Waals surface area contributed by atoms with Crippen molar-refractivity contribution in [2.24, 2.45) is 0 Å². The highest BCUT2D eigenvalue weighted by Crippen LogP contribution is 2.20. The number of benzene rings is 1. The van der Waals surface area contributed by atoms with E-state index in [-0.39, 0.29) is 12.1 Å². The van der Waals surface area contributed by atoms with E-state index in [1.165, 1.54) is 5.56 Å². The minimum atomic E-state index is -0.784. The SMILES string of the molecule is CC1(NCC(=O)O)CCN(CCCc2ccccc2)C1. The van der Waals surface area contributed by atoms with Gasteiger partial charge in [-0.15, -0.1) is 0 Å². The van der Waals surface area contributed by atoms with Crippen LogP contribution in [0.2, 0.25) is 0 Å². The molecular weight excluding hydrogens is 252 g/mol. The number of carboxylic acid groups (broad SMARTS) is 1. The van der Waals surface area contributed by atoms with E-state index in [1.807, 2.05) is 6.07 Å². The van der Waals surface area contributed by atoms with Crippen LogP contribution < -0.4 is 5.32 Å². The number of nitrogens with one attached hydrogen (secondary N) is 1. The fourth-order valence-electron chi connectivity index (χ4n) is 2.83. The van der Waals surface area contributed by atoms with E-state index in [0.29, 0.717) is 0 Å². The summed E-state index contributed by atoms with van der Waals surface area (Å²) >= 11 is 0. The topological polar surface area (TPSA) is 52.6 Å². The number of aryl methyl sites for hydroxylation is 1. The molecule has 1 aromatic rings. The largest absolute Gasteiger partial charge is 0.480 e. The van der Waals surface area contributed by atoms with E-state index in [4.69, 9.17) is 5.11 Å². The van der Waals surface area contributed by atoms with Crippen LogP contribution in [0, 0.1) is 0 Å². The van der Waals surface area contributed by atoms with Gasteiger partial charge in [0.2, 0.25) is 0 Å². The Morgan fingerprint density at radius 2 is 2.15 bits per heavy atom. The molecule has 0 radical (unpaired) electrons. The predicted molar refractivity (Wildman–Crippen MR) is 79.9 cm³/mol. The summed E-state index contributed by atoms with van der Waals surface area (Å²) in [6.07, 6.45) is 3.28. The summed E-state index contributed by atoms with van der Waals surface area (Å²) in [5.41, 5.74) is 1.34. The molecular formula is C16H24N2O2. The molecule has 0 spiro atoms. The van der Waals surface area contributed by atoms with Crippen molar-refractivity contribution in [2.45, 2.75) is 31.7 Å². The molecule has 1 saturated heterocycles. The van der Waals surface area contributed by atoms with Crippen LogP contribution in [-0.2, 0) is 11.2 Å². The van der Waals surface area contributed by atoms with E-state index in [1.54, 1.807) is 0 Å². The number of aliphatic carboxylic acids is 1. The molecule has 1 fully saturated rings. The molecule has 110 valence electrons. The summed E-state index contributed by atoms with van der Waals surface area (Å²) in [5.74, 6) is -0.784. The lowest BCUT2D eigenvalue weighted by Gasteiger charge is -2.25. The highest BCUT2D eigenvalue weighted by Gasteiger charge is 2.33. The zero-order valence-electron chi connectivity index (χ0n) is 12.1. The maximum absolute atomic E-state index is 10.6. The number of hydrogen-bond donors (Lipinski definition) is 2. The molecule has 1 aliphatic rings. The number of hydrogen-bond acceptors (Lipinski definition) is 3. The van der Waals surface area contributed by atoms with Crippen LogP contribution in [0.15, 0.2) is 30.3 Å². The molecule has 1 atom stereocenters. The normalized spacial score (nSPS) is 23.1. The van der Waals surface area contributed by atoms with E-state index < -0.39 is 5.97 Å². The Bertz CT molecular complexity index is 435. The maximum atomic E-state index is 10.6. The first kappa shape index (κ1) is 15.0. The fraction of sp³-hybridized carbons (Fsp3) is 0.562. The average molecular weight is 276 g/mol. The van der Waals surface area contributed by atoms with Gasteiger partial charge in [-0.2, -0.15) is 0 Å². The van der Waals surface area contributed by atoms with E-state index >= 15 is 0 Å². The molecule has 0 aromatic heterocycles. The zero-order chi connectivity index (χ0) is 14.4. The van der Waals surface area contributed by atoms with Crippen LogP contribution in [0.4, 0.5) is 0 Å². The van der Waals surface area contributed by atoms with Crippen molar-refractivity contribution < 1.29 is 9.90 Å². The summed E-state index contributed by atoms with van der Waals surface area (Å²) < 4.78 is 0. The summed E-state index contributed by atoms with van der Waals surface area (Å²) in [7, 11) is 0. The Balaban J connectivity index is 1.69. The summed E-state index contributed by atoms with van der Waals surface area (Å²) in [4.78, 5) is 13.1. The van der Waals surface area contributed by atoms with Gasteiger partial charge in [0, 0.05) is 18.6 Å². The molecule has 20 heavy (non-hydrogen) atoms. The van der Waals surface area contributed by atoms with Gasteiger partial charge >= 0.3 is 5.97 Å². The summed E-state index contributed by atoms with van der Waals surface area (Å²) in [6.45, 7) is 5.24. The van der Waals surface area contributed by atoms with Crippen LogP contribution in [0.5, 0.6) is 0 Å². The molecule has 2 N–H and O–H groups in total. The first-order valence-electron chi connectivity index (χ1n) is 7.30.